The van der Waals surface area contributed by atoms with E-state index in [0.29, 0.717) is 0 Å². The van der Waals surface area contributed by atoms with Crippen molar-refractivity contribution in [3.63, 3.8) is 0 Å². The lowest BCUT2D eigenvalue weighted by Crippen LogP contribution is -2.16. The number of nitrogens with one attached hydrogen (secondary N) is 1. The summed E-state index contributed by atoms with van der Waals surface area (Å²) in [6.07, 6.45) is 1.26. The summed E-state index contributed by atoms with van der Waals surface area (Å²) in [6, 6.07) is 0. The van der Waals surface area contributed by atoms with Crippen molar-refractivity contribution < 1.29 is 14.0 Å². The Balaban J connectivity index is 2.28. The molecular formula is C9H4ClFIN5O2S. The highest BCUT2D eigenvalue weighted by molar-refractivity contribution is 14.1. The lowest BCUT2D eigenvalue weighted by Gasteiger charge is -2.05. The van der Waals surface area contributed by atoms with Crippen LogP contribution < -0.4 is 11.1 Å². The zero-order chi connectivity index (χ0) is 14.9. The summed E-state index contributed by atoms with van der Waals surface area (Å²) in [6.45, 7) is 0. The van der Waals surface area contributed by atoms with Gasteiger partial charge in [-0.3, -0.25) is 14.9 Å². The quantitative estimate of drug-likeness (QED) is 0.572. The van der Waals surface area contributed by atoms with Crippen molar-refractivity contribution >= 4 is 62.5 Å². The average Bonchev–Trinajstić information content (AvgIpc) is 2.83. The number of nitrogens with zero attached hydrogens (tertiary/aromatic N) is 3. The highest BCUT2D eigenvalue weighted by Gasteiger charge is 2.21. The molecule has 3 N–H and O–H groups in total. The Hall–Kier alpha value is -1.40. The zero-order valence-corrected chi connectivity index (χ0v) is 13.1. The third-order valence-corrected chi connectivity index (χ3v) is 3.95. The number of hydrogen-bond acceptors (Lipinski definition) is 6. The second-order valence-electron chi connectivity index (χ2n) is 3.32. The van der Waals surface area contributed by atoms with Crippen molar-refractivity contribution in [1.82, 2.24) is 15.2 Å². The summed E-state index contributed by atoms with van der Waals surface area (Å²) < 4.78 is 14.1. The molecule has 2 rings (SSSR count). The highest BCUT2D eigenvalue weighted by Crippen LogP contribution is 2.23. The molecule has 2 aromatic heterocycles. The van der Waals surface area contributed by atoms with Gasteiger partial charge in [0.05, 0.1) is 5.56 Å². The van der Waals surface area contributed by atoms with E-state index in [0.717, 1.165) is 11.3 Å². The minimum atomic E-state index is -0.935. The van der Waals surface area contributed by atoms with Crippen molar-refractivity contribution in [3.05, 3.63) is 31.3 Å². The molecule has 104 valence electrons. The summed E-state index contributed by atoms with van der Waals surface area (Å²) in [5.74, 6) is -2.48. The predicted molar refractivity (Wildman–Crippen MR) is 78.3 cm³/mol. The number of aromatic nitrogens is 3. The number of hydrogen-bond donors (Lipinski definition) is 2. The minimum absolute atomic E-state index is 0.0203. The van der Waals surface area contributed by atoms with Gasteiger partial charge in [0, 0.05) is 9.77 Å². The van der Waals surface area contributed by atoms with Crippen LogP contribution in [0.25, 0.3) is 0 Å². The molecule has 0 saturated heterocycles. The van der Waals surface area contributed by atoms with E-state index in [-0.39, 0.29) is 19.3 Å². The van der Waals surface area contributed by atoms with Gasteiger partial charge < -0.3 is 5.73 Å². The van der Waals surface area contributed by atoms with E-state index in [1.165, 1.54) is 6.20 Å². The first kappa shape index (κ1) is 15.0. The predicted octanol–water partition coefficient (Wildman–Crippen LogP) is 1.68. The number of nitrogens with two attached hydrogens (primary N) is 1. The van der Waals surface area contributed by atoms with E-state index in [1.807, 2.05) is 0 Å². The van der Waals surface area contributed by atoms with Gasteiger partial charge in [0.2, 0.25) is 10.1 Å². The van der Waals surface area contributed by atoms with Crippen LogP contribution in [0, 0.1) is 9.39 Å². The molecular weight excluding hydrogens is 424 g/mol. The van der Waals surface area contributed by atoms with Gasteiger partial charge in [0.15, 0.2) is 11.0 Å². The van der Waals surface area contributed by atoms with E-state index in [1.54, 1.807) is 22.6 Å². The largest absolute Gasteiger partial charge is 0.363 e. The topological polar surface area (TPSA) is 111 Å². The van der Waals surface area contributed by atoms with Gasteiger partial charge in [-0.15, -0.1) is 10.2 Å². The van der Waals surface area contributed by atoms with E-state index in [2.05, 4.69) is 20.5 Å². The van der Waals surface area contributed by atoms with Crippen LogP contribution in [0.1, 0.15) is 20.2 Å². The van der Waals surface area contributed by atoms with Crippen LogP contribution in [-0.4, -0.2) is 27.0 Å². The van der Waals surface area contributed by atoms with Gasteiger partial charge in [-0.05, 0) is 22.6 Å². The molecule has 0 atom stereocenters. The number of pyridine rings is 1. The first-order chi connectivity index (χ1) is 9.40. The molecule has 0 aliphatic carbocycles. The van der Waals surface area contributed by atoms with Gasteiger partial charge >= 0.3 is 0 Å². The first-order valence-electron chi connectivity index (χ1n) is 4.84. The van der Waals surface area contributed by atoms with Crippen LogP contribution in [0.5, 0.6) is 0 Å². The molecule has 0 aromatic carbocycles. The molecule has 0 fully saturated rings. The number of halogens is 3. The standard InChI is InChI=1S/C9H4ClFIN5O2S/c10-5-4(11)3(2(12)1-14-5)7(19)15-9-17-16-8(20-9)6(13)18/h1H,(H2,13,18)(H,15,17,19). The Morgan fingerprint density at radius 3 is 2.75 bits per heavy atom. The molecule has 0 spiro atoms. The second-order valence-corrected chi connectivity index (χ2v) is 5.81. The maximum absolute atomic E-state index is 13.8. The second kappa shape index (κ2) is 5.93. The molecule has 7 nitrogen and oxygen atoms in total. The molecule has 2 aromatic rings. The van der Waals surface area contributed by atoms with Gasteiger partial charge in [0.1, 0.15) is 0 Å². The number of carbonyl (C=O) groups excluding carboxylic acids is 2. The fourth-order valence-electron chi connectivity index (χ4n) is 1.18. The average molecular weight is 428 g/mol. The molecule has 0 bridgehead atoms. The lowest BCUT2D eigenvalue weighted by atomic mass is 10.2. The Bertz CT molecular complexity index is 710. The Kier molecular flexibility index (Phi) is 4.45. The van der Waals surface area contributed by atoms with Crippen molar-refractivity contribution in [2.75, 3.05) is 5.32 Å². The first-order valence-corrected chi connectivity index (χ1v) is 7.11. The number of primary amides is 1. The Labute approximate surface area is 133 Å². The van der Waals surface area contributed by atoms with Gasteiger partial charge in [-0.1, -0.05) is 22.9 Å². The minimum Gasteiger partial charge on any atom is -0.363 e. The van der Waals surface area contributed by atoms with E-state index >= 15 is 0 Å². The van der Waals surface area contributed by atoms with Crippen LogP contribution in [-0.2, 0) is 0 Å². The van der Waals surface area contributed by atoms with Crippen LogP contribution in [0.4, 0.5) is 9.52 Å². The summed E-state index contributed by atoms with van der Waals surface area (Å²) in [4.78, 5) is 26.4. The zero-order valence-electron chi connectivity index (χ0n) is 9.35. The summed E-state index contributed by atoms with van der Waals surface area (Å²) in [5, 5.41) is 8.87. The molecule has 0 radical (unpaired) electrons. The van der Waals surface area contributed by atoms with Crippen molar-refractivity contribution in [3.8, 4) is 0 Å². The molecule has 20 heavy (non-hydrogen) atoms. The molecule has 0 aliphatic rings. The third kappa shape index (κ3) is 3.02. The highest BCUT2D eigenvalue weighted by atomic mass is 127. The molecule has 0 saturated carbocycles. The van der Waals surface area contributed by atoms with E-state index in [4.69, 9.17) is 17.3 Å². The molecule has 2 heterocycles. The Morgan fingerprint density at radius 1 is 1.45 bits per heavy atom. The summed E-state index contributed by atoms with van der Waals surface area (Å²) >= 11 is 8.05. The number of amides is 2. The number of anilines is 1. The fourth-order valence-corrected chi connectivity index (χ4v) is 2.54. The molecule has 0 unspecified atom stereocenters. The van der Waals surface area contributed by atoms with Gasteiger partial charge in [-0.2, -0.15) is 0 Å². The number of rotatable bonds is 3. The monoisotopic (exact) mass is 427 g/mol. The van der Waals surface area contributed by atoms with Crippen molar-refractivity contribution in [2.45, 2.75) is 0 Å². The molecule has 2 amide bonds. The van der Waals surface area contributed by atoms with Crippen LogP contribution in [0.2, 0.25) is 5.15 Å². The summed E-state index contributed by atoms with van der Waals surface area (Å²) in [7, 11) is 0. The van der Waals surface area contributed by atoms with Crippen LogP contribution in [0.15, 0.2) is 6.20 Å². The third-order valence-electron chi connectivity index (χ3n) is 2.01. The normalized spacial score (nSPS) is 10.3. The number of carbonyl (C=O) groups is 2. The molecule has 0 aliphatic heterocycles. The lowest BCUT2D eigenvalue weighted by molar-refractivity contribution is 0.0996. The SMILES string of the molecule is NC(=O)c1nnc(NC(=O)c2c(I)cnc(Cl)c2F)s1. The van der Waals surface area contributed by atoms with Gasteiger partial charge in [0.25, 0.3) is 11.8 Å². The smallest absolute Gasteiger partial charge is 0.279 e. The van der Waals surface area contributed by atoms with Crippen molar-refractivity contribution in [2.24, 2.45) is 5.73 Å². The van der Waals surface area contributed by atoms with E-state index in [9.17, 15) is 14.0 Å². The Morgan fingerprint density at radius 2 is 2.15 bits per heavy atom. The van der Waals surface area contributed by atoms with Gasteiger partial charge in [-0.25, -0.2) is 9.37 Å². The molecule has 11 heteroatoms. The van der Waals surface area contributed by atoms with Crippen LogP contribution >= 0.6 is 45.5 Å². The fraction of sp³-hybridized carbons (Fsp3) is 0. The van der Waals surface area contributed by atoms with Crippen LogP contribution in [0.3, 0.4) is 0 Å². The maximum Gasteiger partial charge on any atom is 0.279 e. The van der Waals surface area contributed by atoms with Crippen molar-refractivity contribution in [1.29, 1.82) is 0 Å². The van der Waals surface area contributed by atoms with E-state index < -0.39 is 22.8 Å². The summed E-state index contributed by atoms with van der Waals surface area (Å²) in [5.41, 5.74) is 4.74. The maximum atomic E-state index is 13.8.